The normalized spacial score (nSPS) is 10.6. The zero-order valence-electron chi connectivity index (χ0n) is 12.9. The van der Waals surface area contributed by atoms with E-state index in [1.54, 1.807) is 23.7 Å². The number of carbonyl (C=O) groups is 1. The minimum absolute atomic E-state index is 0.208. The Balaban J connectivity index is 1.74. The van der Waals surface area contributed by atoms with E-state index in [0.717, 1.165) is 10.2 Å². The van der Waals surface area contributed by atoms with E-state index in [1.807, 2.05) is 30.3 Å². The number of hydrogen-bond donors (Lipinski definition) is 1. The van der Waals surface area contributed by atoms with Crippen LogP contribution in [0.5, 0.6) is 0 Å². The molecule has 7 heteroatoms. The highest BCUT2D eigenvalue weighted by atomic mass is 79.9. The second-order valence-electron chi connectivity index (χ2n) is 5.09. The van der Waals surface area contributed by atoms with Gasteiger partial charge in [0.1, 0.15) is 5.82 Å². The maximum Gasteiger partial charge on any atom is 0.270 e. The van der Waals surface area contributed by atoms with Crippen LogP contribution in [0.1, 0.15) is 21.7 Å². The summed E-state index contributed by atoms with van der Waals surface area (Å²) in [6, 6.07) is 17.3. The molecular formula is C17H15BrN4OS. The lowest BCUT2D eigenvalue weighted by Gasteiger charge is -2.10. The van der Waals surface area contributed by atoms with E-state index in [1.165, 1.54) is 17.3 Å². The predicted octanol–water partition coefficient (Wildman–Crippen LogP) is 4.03. The van der Waals surface area contributed by atoms with E-state index in [0.29, 0.717) is 16.5 Å². The Morgan fingerprint density at radius 3 is 2.71 bits per heavy atom. The number of nitrogens with one attached hydrogen (secondary N) is 1. The maximum atomic E-state index is 12.4. The molecule has 0 radical (unpaired) electrons. The molecule has 0 aliphatic rings. The summed E-state index contributed by atoms with van der Waals surface area (Å²) in [6.45, 7) is 1.81. The summed E-state index contributed by atoms with van der Waals surface area (Å²) < 4.78 is 2.48. The molecule has 1 heterocycles. The van der Waals surface area contributed by atoms with Crippen LogP contribution in [-0.2, 0) is 5.75 Å². The van der Waals surface area contributed by atoms with Gasteiger partial charge in [-0.2, -0.15) is 0 Å². The first kappa shape index (κ1) is 16.7. The first-order valence-electron chi connectivity index (χ1n) is 7.29. The SMILES string of the molecule is Cc1nnc(SCc2ccccc2)n1NC(=O)c1cccc(Br)c1. The van der Waals surface area contributed by atoms with E-state index in [9.17, 15) is 4.79 Å². The molecule has 1 amide bonds. The van der Waals surface area contributed by atoms with Crippen LogP contribution in [0.2, 0.25) is 0 Å². The lowest BCUT2D eigenvalue weighted by atomic mass is 10.2. The Labute approximate surface area is 152 Å². The highest BCUT2D eigenvalue weighted by Crippen LogP contribution is 2.21. The van der Waals surface area contributed by atoms with Gasteiger partial charge in [-0.15, -0.1) is 10.2 Å². The quantitative estimate of drug-likeness (QED) is 0.654. The van der Waals surface area contributed by atoms with Gasteiger partial charge in [-0.05, 0) is 30.7 Å². The number of nitrogens with zero attached hydrogens (tertiary/aromatic N) is 3. The van der Waals surface area contributed by atoms with Crippen LogP contribution >= 0.6 is 27.7 Å². The summed E-state index contributed by atoms with van der Waals surface area (Å²) in [7, 11) is 0. The topological polar surface area (TPSA) is 59.8 Å². The molecule has 0 aliphatic heterocycles. The van der Waals surface area contributed by atoms with Crippen molar-refractivity contribution in [3.05, 3.63) is 76.0 Å². The lowest BCUT2D eigenvalue weighted by Crippen LogP contribution is -2.24. The number of aryl methyl sites for hydroxylation is 1. The van der Waals surface area contributed by atoms with E-state index in [-0.39, 0.29) is 5.91 Å². The Hall–Kier alpha value is -2.12. The van der Waals surface area contributed by atoms with Crippen molar-refractivity contribution in [1.82, 2.24) is 14.9 Å². The number of rotatable bonds is 5. The third-order valence-electron chi connectivity index (χ3n) is 3.31. The van der Waals surface area contributed by atoms with E-state index < -0.39 is 0 Å². The molecule has 0 saturated carbocycles. The average molecular weight is 403 g/mol. The zero-order chi connectivity index (χ0) is 16.9. The van der Waals surface area contributed by atoms with Crippen LogP contribution in [0.4, 0.5) is 0 Å². The van der Waals surface area contributed by atoms with Gasteiger partial charge in [-0.25, -0.2) is 4.68 Å². The fraction of sp³-hybridized carbons (Fsp3) is 0.118. The average Bonchev–Trinajstić information content (AvgIpc) is 2.94. The van der Waals surface area contributed by atoms with Crippen molar-refractivity contribution in [1.29, 1.82) is 0 Å². The summed E-state index contributed by atoms with van der Waals surface area (Å²) >= 11 is 4.90. The number of carbonyl (C=O) groups excluding carboxylic acids is 1. The standard InChI is InChI=1S/C17H15BrN4OS/c1-12-19-20-17(24-11-13-6-3-2-4-7-13)22(12)21-16(23)14-8-5-9-15(18)10-14/h2-10H,11H2,1H3,(H,21,23). The summed E-state index contributed by atoms with van der Waals surface area (Å²) in [6.07, 6.45) is 0. The molecule has 1 aromatic heterocycles. The van der Waals surface area contributed by atoms with Crippen LogP contribution in [0.25, 0.3) is 0 Å². The Morgan fingerprint density at radius 1 is 1.17 bits per heavy atom. The number of hydrogen-bond acceptors (Lipinski definition) is 4. The second-order valence-corrected chi connectivity index (χ2v) is 6.95. The third-order valence-corrected chi connectivity index (χ3v) is 4.80. The van der Waals surface area contributed by atoms with Gasteiger partial charge in [0.15, 0.2) is 0 Å². The van der Waals surface area contributed by atoms with Crippen molar-refractivity contribution in [3.63, 3.8) is 0 Å². The summed E-state index contributed by atoms with van der Waals surface area (Å²) in [5.41, 5.74) is 4.60. The zero-order valence-corrected chi connectivity index (χ0v) is 15.3. The third kappa shape index (κ3) is 4.04. The van der Waals surface area contributed by atoms with Gasteiger partial charge < -0.3 is 0 Å². The van der Waals surface area contributed by atoms with Gasteiger partial charge in [-0.3, -0.25) is 10.2 Å². The Morgan fingerprint density at radius 2 is 1.96 bits per heavy atom. The molecular weight excluding hydrogens is 388 g/mol. The molecule has 3 aromatic rings. The molecule has 0 spiro atoms. The van der Waals surface area contributed by atoms with Crippen molar-refractivity contribution in [2.24, 2.45) is 0 Å². The number of amides is 1. The van der Waals surface area contributed by atoms with Crippen LogP contribution in [0.3, 0.4) is 0 Å². The largest absolute Gasteiger partial charge is 0.270 e. The fourth-order valence-corrected chi connectivity index (χ4v) is 3.38. The Kier molecular flexibility index (Phi) is 5.32. The molecule has 3 rings (SSSR count). The van der Waals surface area contributed by atoms with Gasteiger partial charge >= 0.3 is 0 Å². The molecule has 0 bridgehead atoms. The van der Waals surface area contributed by atoms with Gasteiger partial charge in [0, 0.05) is 15.8 Å². The first-order chi connectivity index (χ1) is 11.6. The number of aromatic nitrogens is 3. The summed E-state index contributed by atoms with van der Waals surface area (Å²) in [5.74, 6) is 1.18. The smallest absolute Gasteiger partial charge is 0.267 e. The van der Waals surface area contributed by atoms with Crippen LogP contribution in [0, 0.1) is 6.92 Å². The van der Waals surface area contributed by atoms with Crippen LogP contribution in [-0.4, -0.2) is 20.8 Å². The monoisotopic (exact) mass is 402 g/mol. The Bertz CT molecular complexity index is 851. The molecule has 24 heavy (non-hydrogen) atoms. The van der Waals surface area contributed by atoms with Crippen molar-refractivity contribution >= 4 is 33.6 Å². The highest BCUT2D eigenvalue weighted by molar-refractivity contribution is 9.10. The molecule has 0 saturated heterocycles. The number of thioether (sulfide) groups is 1. The van der Waals surface area contributed by atoms with E-state index >= 15 is 0 Å². The minimum Gasteiger partial charge on any atom is -0.267 e. The van der Waals surface area contributed by atoms with Crippen molar-refractivity contribution in [3.8, 4) is 0 Å². The van der Waals surface area contributed by atoms with Gasteiger partial charge in [-0.1, -0.05) is 64.1 Å². The molecule has 5 nitrogen and oxygen atoms in total. The molecule has 2 aromatic carbocycles. The van der Waals surface area contributed by atoms with E-state index in [2.05, 4.69) is 43.7 Å². The summed E-state index contributed by atoms with van der Waals surface area (Å²) in [4.78, 5) is 12.4. The summed E-state index contributed by atoms with van der Waals surface area (Å²) in [5, 5.41) is 8.86. The molecule has 1 N–H and O–H groups in total. The van der Waals surface area contributed by atoms with Crippen LogP contribution < -0.4 is 5.43 Å². The lowest BCUT2D eigenvalue weighted by molar-refractivity contribution is 0.100. The number of benzene rings is 2. The van der Waals surface area contributed by atoms with Gasteiger partial charge in [0.05, 0.1) is 0 Å². The maximum absolute atomic E-state index is 12.4. The number of halogens is 1. The van der Waals surface area contributed by atoms with Crippen molar-refractivity contribution in [2.75, 3.05) is 5.43 Å². The van der Waals surface area contributed by atoms with Crippen LogP contribution in [0.15, 0.2) is 64.2 Å². The van der Waals surface area contributed by atoms with Gasteiger partial charge in [0.2, 0.25) is 5.16 Å². The van der Waals surface area contributed by atoms with E-state index in [4.69, 9.17) is 0 Å². The molecule has 0 atom stereocenters. The first-order valence-corrected chi connectivity index (χ1v) is 9.07. The molecule has 122 valence electrons. The van der Waals surface area contributed by atoms with Crippen molar-refractivity contribution < 1.29 is 4.79 Å². The molecule has 0 unspecified atom stereocenters. The minimum atomic E-state index is -0.208. The predicted molar refractivity (Wildman–Crippen MR) is 98.6 cm³/mol. The van der Waals surface area contributed by atoms with Crippen molar-refractivity contribution in [2.45, 2.75) is 17.8 Å². The fourth-order valence-electron chi connectivity index (χ4n) is 2.08. The highest BCUT2D eigenvalue weighted by Gasteiger charge is 2.14. The molecule has 0 aliphatic carbocycles. The second kappa shape index (κ2) is 7.63. The van der Waals surface area contributed by atoms with Gasteiger partial charge in [0.25, 0.3) is 5.91 Å². The molecule has 0 fully saturated rings.